The second kappa shape index (κ2) is 7.27. The number of carbonyl (C=O) groups is 1. The van der Waals surface area contributed by atoms with Crippen molar-refractivity contribution in [2.24, 2.45) is 5.11 Å². The van der Waals surface area contributed by atoms with Crippen LogP contribution in [0, 0.1) is 0 Å². The van der Waals surface area contributed by atoms with Crippen LogP contribution in [-0.2, 0) is 9.53 Å². The van der Waals surface area contributed by atoms with Crippen molar-refractivity contribution in [1.82, 2.24) is 0 Å². The summed E-state index contributed by atoms with van der Waals surface area (Å²) in [6.07, 6.45) is 1.10. The van der Waals surface area contributed by atoms with E-state index in [1.165, 1.54) is 0 Å². The summed E-state index contributed by atoms with van der Waals surface area (Å²) in [5, 5.41) is 3.22. The fraction of sp³-hybridized carbons (Fsp3) is 0.600. The van der Waals surface area contributed by atoms with E-state index in [1.807, 2.05) is 0 Å². The van der Waals surface area contributed by atoms with Crippen molar-refractivity contribution in [1.29, 1.82) is 0 Å². The average Bonchev–Trinajstić information content (AvgIpc) is 2.05. The van der Waals surface area contributed by atoms with E-state index in [4.69, 9.17) is 11.1 Å². The van der Waals surface area contributed by atoms with Crippen LogP contribution in [0.3, 0.4) is 0 Å². The predicted molar refractivity (Wildman–Crippen MR) is 39.3 cm³/mol. The van der Waals surface area contributed by atoms with Crippen LogP contribution in [0.2, 0.25) is 0 Å². The van der Waals surface area contributed by atoms with E-state index < -0.39 is 5.97 Å². The highest BCUT2D eigenvalue weighted by Gasteiger charge is 2.00. The number of azide groups is 1. The van der Waals surface area contributed by atoms with Crippen molar-refractivity contribution < 1.29 is 14.3 Å². The van der Waals surface area contributed by atoms with Crippen molar-refractivity contribution in [2.45, 2.75) is 6.42 Å². The van der Waals surface area contributed by atoms with E-state index in [0.717, 1.165) is 0 Å². The molecule has 0 fully saturated rings. The van der Waals surface area contributed by atoms with E-state index >= 15 is 0 Å². The summed E-state index contributed by atoms with van der Waals surface area (Å²) >= 11 is 0. The minimum absolute atomic E-state index is 0.143. The van der Waals surface area contributed by atoms with Crippen LogP contribution in [0.5, 0.6) is 0 Å². The zero-order valence-electron chi connectivity index (χ0n) is 6.25. The largest absolute Gasteiger partial charge is 0.457 e. The highest BCUT2D eigenvalue weighted by molar-refractivity contribution is 6.20. The molecule has 0 aromatic carbocycles. The molecule has 0 aromatic rings. The second-order valence-corrected chi connectivity index (χ2v) is 1.72. The van der Waals surface area contributed by atoms with Gasteiger partial charge in [0.05, 0.1) is 6.61 Å². The van der Waals surface area contributed by atoms with Gasteiger partial charge < -0.3 is 10.3 Å². The number of rotatable bonds is 5. The molecule has 0 amide bonds. The maximum absolute atomic E-state index is 10.4. The molecule has 7 heteroatoms. The molecular formula is C5H7N5O2. The van der Waals surface area contributed by atoms with Gasteiger partial charge in [0.25, 0.3) is 0 Å². The average molecular weight is 169 g/mol. The Balaban J connectivity index is 3.37. The third kappa shape index (κ3) is 6.28. The van der Waals surface area contributed by atoms with E-state index in [2.05, 4.69) is 19.6 Å². The molecule has 0 atom stereocenters. The zero-order valence-corrected chi connectivity index (χ0v) is 6.25. The Morgan fingerprint density at radius 1 is 1.58 bits per heavy atom. The lowest BCUT2D eigenvalue weighted by atomic mass is 10.5. The molecule has 0 unspecified atom stereocenters. The maximum Gasteiger partial charge on any atom is 0.413 e. The SMILES string of the molecule is [N-]=[N+]=CC(=O)OCCCN=[N+]=[N-]. The molecule has 0 saturated carbocycles. The Morgan fingerprint density at radius 3 is 2.92 bits per heavy atom. The molecule has 0 spiro atoms. The maximum atomic E-state index is 10.4. The van der Waals surface area contributed by atoms with Crippen molar-refractivity contribution in [3.05, 3.63) is 16.0 Å². The predicted octanol–water partition coefficient (Wildman–Crippen LogP) is 0.531. The van der Waals surface area contributed by atoms with Crippen molar-refractivity contribution >= 4 is 12.2 Å². The number of hydrogen-bond donors (Lipinski definition) is 0. The standard InChI is InChI=1S/C5H7N5O2/c6-8-4-5(11)12-3-1-2-9-10-7/h4H,1-3H2. The van der Waals surface area contributed by atoms with E-state index in [-0.39, 0.29) is 13.2 Å². The molecule has 0 saturated heterocycles. The van der Waals surface area contributed by atoms with Gasteiger partial charge in [-0.05, 0) is 12.0 Å². The van der Waals surface area contributed by atoms with Crippen LogP contribution in [-0.4, -0.2) is 30.1 Å². The first kappa shape index (κ1) is 10.2. The highest BCUT2D eigenvalue weighted by atomic mass is 16.5. The minimum atomic E-state index is -0.724. The normalized spacial score (nSPS) is 7.67. The van der Waals surface area contributed by atoms with E-state index in [9.17, 15) is 4.79 Å². The summed E-state index contributed by atoms with van der Waals surface area (Å²) in [6.45, 7) is 0.421. The lowest BCUT2D eigenvalue weighted by Crippen LogP contribution is -2.07. The van der Waals surface area contributed by atoms with Crippen LogP contribution in [0.25, 0.3) is 16.0 Å². The summed E-state index contributed by atoms with van der Waals surface area (Å²) in [6, 6.07) is 0. The van der Waals surface area contributed by atoms with Crippen LogP contribution < -0.4 is 0 Å². The van der Waals surface area contributed by atoms with Gasteiger partial charge in [0.2, 0.25) is 0 Å². The van der Waals surface area contributed by atoms with E-state index in [1.54, 1.807) is 0 Å². The summed E-state index contributed by atoms with van der Waals surface area (Å²) in [4.78, 5) is 15.4. The van der Waals surface area contributed by atoms with Gasteiger partial charge in [-0.1, -0.05) is 5.11 Å². The van der Waals surface area contributed by atoms with Gasteiger partial charge in [-0.3, -0.25) is 0 Å². The van der Waals surface area contributed by atoms with Gasteiger partial charge in [-0.2, -0.15) is 4.79 Å². The van der Waals surface area contributed by atoms with E-state index in [0.29, 0.717) is 12.6 Å². The molecule has 0 aromatic heterocycles. The van der Waals surface area contributed by atoms with Crippen molar-refractivity contribution in [3.63, 3.8) is 0 Å². The Kier molecular flexibility index (Phi) is 6.15. The van der Waals surface area contributed by atoms with Gasteiger partial charge >= 0.3 is 12.2 Å². The molecular weight excluding hydrogens is 162 g/mol. The molecule has 7 nitrogen and oxygen atoms in total. The second-order valence-electron chi connectivity index (χ2n) is 1.72. The summed E-state index contributed by atoms with van der Waals surface area (Å²) in [5.41, 5.74) is 15.7. The first-order valence-corrected chi connectivity index (χ1v) is 3.16. The third-order valence-corrected chi connectivity index (χ3v) is 0.873. The zero-order chi connectivity index (χ0) is 9.23. The number of carbonyl (C=O) groups excluding carboxylic acids is 1. The summed E-state index contributed by atoms with van der Waals surface area (Å²) < 4.78 is 4.50. The fourth-order valence-corrected chi connectivity index (χ4v) is 0.437. The van der Waals surface area contributed by atoms with Crippen molar-refractivity contribution in [2.75, 3.05) is 13.2 Å². The van der Waals surface area contributed by atoms with Gasteiger partial charge in [0, 0.05) is 11.5 Å². The van der Waals surface area contributed by atoms with Gasteiger partial charge in [0.15, 0.2) is 0 Å². The summed E-state index contributed by atoms with van der Waals surface area (Å²) in [5.74, 6) is -0.724. The van der Waals surface area contributed by atoms with Gasteiger partial charge in [-0.15, -0.1) is 0 Å². The Hall–Kier alpha value is -1.84. The van der Waals surface area contributed by atoms with Gasteiger partial charge in [-0.25, -0.2) is 4.79 Å². The molecule has 0 bridgehead atoms. The number of ether oxygens (including phenoxy) is 1. The van der Waals surface area contributed by atoms with Crippen LogP contribution in [0.4, 0.5) is 0 Å². The highest BCUT2D eigenvalue weighted by Crippen LogP contribution is 1.84. The Labute approximate surface area is 68.2 Å². The number of nitrogens with zero attached hydrogens (tertiary/aromatic N) is 5. The quantitative estimate of drug-likeness (QED) is 0.149. The molecule has 0 radical (unpaired) electrons. The molecule has 64 valence electrons. The minimum Gasteiger partial charge on any atom is -0.457 e. The lowest BCUT2D eigenvalue weighted by molar-refractivity contribution is -0.138. The monoisotopic (exact) mass is 169 g/mol. The first-order valence-electron chi connectivity index (χ1n) is 3.16. The first-order chi connectivity index (χ1) is 5.81. The molecule has 12 heavy (non-hydrogen) atoms. The number of esters is 1. The smallest absolute Gasteiger partial charge is 0.413 e. The number of hydrogen-bond acceptors (Lipinski definition) is 3. The molecule has 0 aliphatic heterocycles. The van der Waals surface area contributed by atoms with Gasteiger partial charge in [0.1, 0.15) is 0 Å². The summed E-state index contributed by atoms with van der Waals surface area (Å²) in [7, 11) is 0. The Morgan fingerprint density at radius 2 is 2.33 bits per heavy atom. The molecule has 0 heterocycles. The molecule has 0 aliphatic carbocycles. The van der Waals surface area contributed by atoms with Crippen LogP contribution >= 0.6 is 0 Å². The van der Waals surface area contributed by atoms with Crippen molar-refractivity contribution in [3.8, 4) is 0 Å². The molecule has 0 N–H and O–H groups in total. The van der Waals surface area contributed by atoms with Crippen LogP contribution in [0.15, 0.2) is 5.11 Å². The Bertz CT molecular complexity index is 238. The lowest BCUT2D eigenvalue weighted by Gasteiger charge is -1.94. The van der Waals surface area contributed by atoms with Crippen LogP contribution in [0.1, 0.15) is 6.42 Å². The fourth-order valence-electron chi connectivity index (χ4n) is 0.437. The third-order valence-electron chi connectivity index (χ3n) is 0.873. The topological polar surface area (TPSA) is 111 Å². The molecule has 0 rings (SSSR count). The molecule has 0 aliphatic rings.